The van der Waals surface area contributed by atoms with Gasteiger partial charge in [0.05, 0.1) is 12.2 Å². The van der Waals surface area contributed by atoms with Crippen molar-refractivity contribution >= 4 is 5.97 Å². The highest BCUT2D eigenvalue weighted by Gasteiger charge is 2.21. The van der Waals surface area contributed by atoms with E-state index >= 15 is 0 Å². The maximum Gasteiger partial charge on any atom is 0.334 e. The van der Waals surface area contributed by atoms with Crippen LogP contribution in [0.1, 0.15) is 174 Å². The Morgan fingerprint density at radius 3 is 1.67 bits per heavy atom. The first-order valence-corrected chi connectivity index (χ1v) is 17.0. The second-order valence-corrected chi connectivity index (χ2v) is 12.0. The molecule has 2 N–H and O–H groups in total. The minimum Gasteiger partial charge on any atom is -0.455 e. The summed E-state index contributed by atoms with van der Waals surface area (Å²) in [5, 5.41) is 20.5. The molecule has 0 bridgehead atoms. The molecule has 4 nitrogen and oxygen atoms in total. The van der Waals surface area contributed by atoms with Crippen molar-refractivity contribution in [3.05, 3.63) is 23.8 Å². The fourth-order valence-corrected chi connectivity index (χ4v) is 5.54. The van der Waals surface area contributed by atoms with E-state index < -0.39 is 12.2 Å². The molecule has 1 heterocycles. The van der Waals surface area contributed by atoms with Gasteiger partial charge in [0.15, 0.2) is 0 Å². The highest BCUT2D eigenvalue weighted by Crippen LogP contribution is 2.20. The Morgan fingerprint density at radius 2 is 1.13 bits per heavy atom. The molecule has 0 aromatic rings. The summed E-state index contributed by atoms with van der Waals surface area (Å²) in [6.07, 6.45) is 35.2. The van der Waals surface area contributed by atoms with Gasteiger partial charge in [-0.05, 0) is 57.9 Å². The van der Waals surface area contributed by atoms with E-state index in [1.165, 1.54) is 103 Å². The van der Waals surface area contributed by atoms with E-state index in [2.05, 4.69) is 19.1 Å². The van der Waals surface area contributed by atoms with Crippen molar-refractivity contribution in [1.29, 1.82) is 0 Å². The Bertz CT molecular complexity index is 626. The van der Waals surface area contributed by atoms with E-state index in [0.29, 0.717) is 12.8 Å². The summed E-state index contributed by atoms with van der Waals surface area (Å²) in [6.45, 7) is 4.19. The van der Waals surface area contributed by atoms with Gasteiger partial charge in [-0.25, -0.2) is 4.79 Å². The molecule has 0 amide bonds. The number of carbonyl (C=O) groups is 1. The molecule has 1 aliphatic rings. The molecule has 0 saturated carbocycles. The van der Waals surface area contributed by atoms with Gasteiger partial charge >= 0.3 is 5.97 Å². The van der Waals surface area contributed by atoms with Gasteiger partial charge in [0.2, 0.25) is 0 Å². The van der Waals surface area contributed by atoms with Crippen molar-refractivity contribution in [2.75, 3.05) is 0 Å². The number of rotatable bonds is 28. The number of ether oxygens (including phenoxy) is 1. The van der Waals surface area contributed by atoms with Crippen molar-refractivity contribution in [2.45, 2.75) is 193 Å². The second kappa shape index (κ2) is 25.8. The zero-order chi connectivity index (χ0) is 28.4. The normalized spacial score (nSPS) is 17.1. The number of hydrogen-bond acceptors (Lipinski definition) is 4. The molecule has 1 rings (SSSR count). The van der Waals surface area contributed by atoms with Gasteiger partial charge in [0, 0.05) is 5.57 Å². The van der Waals surface area contributed by atoms with Crippen LogP contribution in [-0.4, -0.2) is 34.5 Å². The summed E-state index contributed by atoms with van der Waals surface area (Å²) in [5.41, 5.74) is 0.856. The molecule has 1 unspecified atom stereocenters. The summed E-state index contributed by atoms with van der Waals surface area (Å²) < 4.78 is 5.13. The van der Waals surface area contributed by atoms with Crippen LogP contribution in [0.4, 0.5) is 0 Å². The average molecular weight is 549 g/mol. The zero-order valence-electron chi connectivity index (χ0n) is 25.9. The molecule has 1 aliphatic heterocycles. The molecule has 3 atom stereocenters. The second-order valence-electron chi connectivity index (χ2n) is 12.0. The van der Waals surface area contributed by atoms with Crippen LogP contribution in [0.5, 0.6) is 0 Å². The lowest BCUT2D eigenvalue weighted by molar-refractivity contribution is -0.139. The third-order valence-electron chi connectivity index (χ3n) is 8.15. The van der Waals surface area contributed by atoms with Gasteiger partial charge in [0.1, 0.15) is 6.10 Å². The number of cyclic esters (lactones) is 1. The Balaban J connectivity index is 1.82. The molecular weight excluding hydrogens is 484 g/mol. The van der Waals surface area contributed by atoms with Gasteiger partial charge in [0.25, 0.3) is 0 Å². The number of allylic oxidation sites excluding steroid dienone is 2. The largest absolute Gasteiger partial charge is 0.455 e. The van der Waals surface area contributed by atoms with Crippen LogP contribution in [-0.2, 0) is 9.53 Å². The van der Waals surface area contributed by atoms with E-state index in [1.807, 2.05) is 13.0 Å². The zero-order valence-corrected chi connectivity index (χ0v) is 25.9. The quantitative estimate of drug-likeness (QED) is 0.0580. The number of aliphatic hydroxyl groups excluding tert-OH is 2. The Labute approximate surface area is 242 Å². The molecular formula is C35H64O4. The summed E-state index contributed by atoms with van der Waals surface area (Å²) in [5.74, 6) is -0.128. The highest BCUT2D eigenvalue weighted by atomic mass is 16.5. The average Bonchev–Trinajstić information content (AvgIpc) is 3.25. The first-order chi connectivity index (χ1) is 19.0. The topological polar surface area (TPSA) is 66.8 Å². The molecule has 4 heteroatoms. The van der Waals surface area contributed by atoms with Crippen LogP contribution in [0.3, 0.4) is 0 Å². The van der Waals surface area contributed by atoms with Crippen LogP contribution < -0.4 is 0 Å². The maximum absolute atomic E-state index is 11.6. The SMILES string of the molecule is CCCCCCCCCCCCCC/C=C\CC[C@@H](O)[C@H](O)CCCCCCCCCCC1=CC(C)OC1=O. The first kappa shape index (κ1) is 35.9. The minimum atomic E-state index is -0.600. The third kappa shape index (κ3) is 21.3. The molecule has 0 aromatic heterocycles. The number of unbranched alkanes of at least 4 members (excludes halogenated alkanes) is 19. The lowest BCUT2D eigenvalue weighted by Crippen LogP contribution is -2.25. The van der Waals surface area contributed by atoms with Crippen molar-refractivity contribution in [1.82, 2.24) is 0 Å². The predicted octanol–water partition coefficient (Wildman–Crippen LogP) is 9.91. The maximum atomic E-state index is 11.6. The fraction of sp³-hybridized carbons (Fsp3) is 0.857. The smallest absolute Gasteiger partial charge is 0.334 e. The monoisotopic (exact) mass is 548 g/mol. The molecule has 39 heavy (non-hydrogen) atoms. The summed E-state index contributed by atoms with van der Waals surface area (Å²) in [4.78, 5) is 11.6. The third-order valence-corrected chi connectivity index (χ3v) is 8.15. The Kier molecular flexibility index (Phi) is 23.8. The minimum absolute atomic E-state index is 0.0530. The van der Waals surface area contributed by atoms with E-state index in [4.69, 9.17) is 4.74 Å². The molecule has 0 radical (unpaired) electrons. The molecule has 0 spiro atoms. The van der Waals surface area contributed by atoms with E-state index in [9.17, 15) is 15.0 Å². The van der Waals surface area contributed by atoms with Gasteiger partial charge < -0.3 is 14.9 Å². The summed E-state index contributed by atoms with van der Waals surface area (Å²) in [7, 11) is 0. The van der Waals surface area contributed by atoms with Gasteiger partial charge in [-0.1, -0.05) is 135 Å². The van der Waals surface area contributed by atoms with Crippen molar-refractivity contribution in [3.8, 4) is 0 Å². The number of esters is 1. The molecule has 0 aliphatic carbocycles. The van der Waals surface area contributed by atoms with E-state index in [0.717, 1.165) is 50.5 Å². The standard InChI is InChI=1S/C35H64O4/c1-3-4-5-6-7-8-9-10-11-12-13-14-15-19-22-25-28-33(36)34(37)29-26-23-20-17-16-18-21-24-27-32-30-31(2)39-35(32)38/h19,22,30-31,33-34,36-37H,3-18,20-21,23-29H2,1-2H3/b22-19-/t31?,33-,34-/m1/s1. The Morgan fingerprint density at radius 1 is 0.667 bits per heavy atom. The Hall–Kier alpha value is -1.13. The molecule has 228 valence electrons. The molecule has 0 aromatic carbocycles. The van der Waals surface area contributed by atoms with Gasteiger partial charge in [-0.2, -0.15) is 0 Å². The van der Waals surface area contributed by atoms with E-state index in [-0.39, 0.29) is 12.1 Å². The van der Waals surface area contributed by atoms with E-state index in [1.54, 1.807) is 0 Å². The number of carbonyl (C=O) groups excluding carboxylic acids is 1. The lowest BCUT2D eigenvalue weighted by atomic mass is 10.0. The number of hydrogen-bond donors (Lipinski definition) is 2. The summed E-state index contributed by atoms with van der Waals surface area (Å²) >= 11 is 0. The van der Waals surface area contributed by atoms with Crippen LogP contribution >= 0.6 is 0 Å². The molecule has 0 saturated heterocycles. The first-order valence-electron chi connectivity index (χ1n) is 17.0. The molecule has 0 fully saturated rings. The number of aliphatic hydroxyl groups is 2. The van der Waals surface area contributed by atoms with Crippen LogP contribution in [0.2, 0.25) is 0 Å². The van der Waals surface area contributed by atoms with Crippen molar-refractivity contribution in [2.24, 2.45) is 0 Å². The van der Waals surface area contributed by atoms with Crippen LogP contribution in [0, 0.1) is 0 Å². The van der Waals surface area contributed by atoms with Gasteiger partial charge in [-0.3, -0.25) is 0 Å². The fourth-order valence-electron chi connectivity index (χ4n) is 5.54. The van der Waals surface area contributed by atoms with Crippen molar-refractivity contribution in [3.63, 3.8) is 0 Å². The highest BCUT2D eigenvalue weighted by molar-refractivity contribution is 5.90. The summed E-state index contributed by atoms with van der Waals surface area (Å²) in [6, 6.07) is 0. The lowest BCUT2D eigenvalue weighted by Gasteiger charge is -2.17. The van der Waals surface area contributed by atoms with Crippen LogP contribution in [0.15, 0.2) is 23.8 Å². The predicted molar refractivity (Wildman–Crippen MR) is 166 cm³/mol. The van der Waals surface area contributed by atoms with Gasteiger partial charge in [-0.15, -0.1) is 0 Å². The van der Waals surface area contributed by atoms with Crippen molar-refractivity contribution < 1.29 is 19.7 Å². The van der Waals surface area contributed by atoms with Crippen LogP contribution in [0.25, 0.3) is 0 Å².